The van der Waals surface area contributed by atoms with E-state index in [9.17, 15) is 67.1 Å². The molecule has 36 nitrogen and oxygen atoms in total. The highest BCUT2D eigenvalue weighted by Gasteiger charge is 2.60. The van der Waals surface area contributed by atoms with Crippen molar-refractivity contribution < 1.29 is 171 Å². The topological polar surface area (TPSA) is 442 Å². The van der Waals surface area contributed by atoms with Crippen molar-refractivity contribution in [3.8, 4) is 0 Å². The van der Waals surface area contributed by atoms with Gasteiger partial charge in [0.2, 0.25) is 0 Å². The molecule has 0 spiro atoms. The van der Waals surface area contributed by atoms with E-state index in [1.54, 1.807) is 0 Å². The molecule has 0 saturated carbocycles. The SMILES string of the molecule is CC(=O)OC[C@H]1O[C@@H](O[C@H]2[C@H](OC(C)=O)[C@@H](OC(C)=O)[C@H](OCCCO[C@@H]3O[C@H](COC(C)=O)[C@@H](O[C@@H]4O[C@H](COC(C)=O)[C@H](OC(C)=O)[C@H](OC(C)=O)[C@H]4OC(C)=O)[C@H](OC(C)=O)[C@H]3OC(C)=O)O[C@@H]2COC(C)=O)[C@H](OC(C)=O)[C@@H](OC(C)=O)[C@H]1OC(C)=O. The van der Waals surface area contributed by atoms with Gasteiger partial charge < -0.3 is 104 Å². The fourth-order valence-corrected chi connectivity index (χ4v) is 9.67. The Balaban J connectivity index is 1.73. The van der Waals surface area contributed by atoms with Gasteiger partial charge >= 0.3 is 83.6 Å². The molecule has 0 aromatic carbocycles. The minimum Gasteiger partial charge on any atom is -0.463 e. The number of carbonyl (C=O) groups excluding carboxylic acids is 14. The van der Waals surface area contributed by atoms with Crippen LogP contribution in [0, 0.1) is 0 Å². The maximum Gasteiger partial charge on any atom is 0.303 e. The lowest BCUT2D eigenvalue weighted by atomic mass is 9.96. The Hall–Kier alpha value is -7.74. The molecular weight excluding hydrogens is 1240 g/mol. The fourth-order valence-electron chi connectivity index (χ4n) is 9.67. The van der Waals surface area contributed by atoms with E-state index in [0.29, 0.717) is 0 Å². The summed E-state index contributed by atoms with van der Waals surface area (Å²) in [5.41, 5.74) is 0. The second-order valence-electron chi connectivity index (χ2n) is 20.4. The van der Waals surface area contributed by atoms with Crippen LogP contribution in [-0.4, -0.2) is 246 Å². The molecule has 91 heavy (non-hydrogen) atoms. The Kier molecular flexibility index (Phi) is 29.7. The Labute approximate surface area is 519 Å². The lowest BCUT2D eigenvalue weighted by Gasteiger charge is -2.48. The lowest BCUT2D eigenvalue weighted by Crippen LogP contribution is -2.67. The summed E-state index contributed by atoms with van der Waals surface area (Å²) in [6, 6.07) is 0. The van der Waals surface area contributed by atoms with Crippen LogP contribution in [0.15, 0.2) is 0 Å². The minimum absolute atomic E-state index is 0.214. The van der Waals surface area contributed by atoms with E-state index in [2.05, 4.69) is 0 Å². The molecule has 0 aromatic heterocycles. The van der Waals surface area contributed by atoms with Gasteiger partial charge in [0, 0.05) is 96.9 Å². The third-order valence-corrected chi connectivity index (χ3v) is 12.6. The van der Waals surface area contributed by atoms with Crippen molar-refractivity contribution in [3.05, 3.63) is 0 Å². The van der Waals surface area contributed by atoms with Crippen molar-refractivity contribution in [1.82, 2.24) is 0 Å². The number of esters is 14. The van der Waals surface area contributed by atoms with Gasteiger partial charge in [-0.15, -0.1) is 0 Å². The molecule has 0 aliphatic carbocycles. The average molecular weight is 1310 g/mol. The summed E-state index contributed by atoms with van der Waals surface area (Å²) in [4.78, 5) is 176. The second-order valence-corrected chi connectivity index (χ2v) is 20.4. The fraction of sp³-hybridized carbons (Fsp3) is 0.745. The molecular formula is C55H76O36. The van der Waals surface area contributed by atoms with Crippen molar-refractivity contribution >= 4 is 83.6 Å². The first kappa shape index (κ1) is 75.7. The van der Waals surface area contributed by atoms with Crippen LogP contribution in [-0.2, 0) is 171 Å². The lowest BCUT2D eigenvalue weighted by molar-refractivity contribution is -0.363. The molecule has 0 unspecified atom stereocenters. The minimum atomic E-state index is -1.97. The van der Waals surface area contributed by atoms with Gasteiger partial charge in [0.15, 0.2) is 86.2 Å². The summed E-state index contributed by atoms with van der Waals surface area (Å²) >= 11 is 0. The molecule has 4 rings (SSSR count). The molecule has 0 N–H and O–H groups in total. The molecule has 36 heteroatoms. The summed E-state index contributed by atoms with van der Waals surface area (Å²) in [7, 11) is 0. The van der Waals surface area contributed by atoms with Gasteiger partial charge in [-0.2, -0.15) is 0 Å². The van der Waals surface area contributed by atoms with Crippen LogP contribution in [0.5, 0.6) is 0 Å². The highest BCUT2D eigenvalue weighted by molar-refractivity contribution is 5.71. The summed E-state index contributed by atoms with van der Waals surface area (Å²) in [5, 5.41) is 0. The number of carbonyl (C=O) groups is 14. The van der Waals surface area contributed by atoms with Crippen LogP contribution in [0.25, 0.3) is 0 Å². The quantitative estimate of drug-likeness (QED) is 0.0496. The van der Waals surface area contributed by atoms with Crippen molar-refractivity contribution in [3.63, 3.8) is 0 Å². The molecule has 4 saturated heterocycles. The van der Waals surface area contributed by atoms with Crippen molar-refractivity contribution in [2.45, 2.75) is 226 Å². The number of rotatable bonds is 28. The van der Waals surface area contributed by atoms with Gasteiger partial charge in [-0.3, -0.25) is 67.1 Å². The Morgan fingerprint density at radius 2 is 0.418 bits per heavy atom. The smallest absolute Gasteiger partial charge is 0.303 e. The zero-order valence-electron chi connectivity index (χ0n) is 52.2. The molecule has 4 fully saturated rings. The van der Waals surface area contributed by atoms with Gasteiger partial charge in [0.05, 0.1) is 13.2 Å². The molecule has 0 aromatic rings. The molecule has 4 aliphatic rings. The van der Waals surface area contributed by atoms with Gasteiger partial charge in [0.1, 0.15) is 63.1 Å². The van der Waals surface area contributed by atoms with Crippen molar-refractivity contribution in [2.24, 2.45) is 0 Å². The standard InChI is InChI=1S/C55H76O36/c1-22(56)72-18-36-40(76-26(5)60)44(78-28(7)62)50(84-34(13)68)54(88-36)90-42-38(20-74-24(3)58)86-52(48(82-32(11)66)46(42)80-30(9)64)70-16-15-17-71-53-49(83-33(12)67)47(81-31(10)65)43(39(87-53)21-75-25(4)59)91-55-51(85-35(14)69)45(79-29(8)63)41(77-27(6)61)37(89-55)19-73-23(2)57/h36-55H,15-21H2,1-14H3/t36-,37-,38-,39-,40+,41+,42-,43-,44+,45+,46+,47+,48-,49-,50-,51-,52-,53-,54+,55+/m1/s1. The summed E-state index contributed by atoms with van der Waals surface area (Å²) in [5.74, 6) is -13.4. The number of hydrogen-bond donors (Lipinski definition) is 0. The maximum absolute atomic E-state index is 13.0. The van der Waals surface area contributed by atoms with Gasteiger partial charge in [-0.25, -0.2) is 0 Å². The predicted molar refractivity (Wildman–Crippen MR) is 283 cm³/mol. The van der Waals surface area contributed by atoms with Gasteiger partial charge in [-0.1, -0.05) is 0 Å². The summed E-state index contributed by atoms with van der Waals surface area (Å²) in [6.07, 6.45) is -35.5. The van der Waals surface area contributed by atoms with E-state index in [0.717, 1.165) is 96.9 Å². The van der Waals surface area contributed by atoms with Gasteiger partial charge in [0.25, 0.3) is 0 Å². The van der Waals surface area contributed by atoms with E-state index in [-0.39, 0.29) is 6.42 Å². The van der Waals surface area contributed by atoms with E-state index >= 15 is 0 Å². The Bertz CT molecular complexity index is 2430. The Morgan fingerprint density at radius 3 is 0.648 bits per heavy atom. The maximum atomic E-state index is 13.0. The van der Waals surface area contributed by atoms with Gasteiger partial charge in [-0.05, 0) is 6.42 Å². The summed E-state index contributed by atoms with van der Waals surface area (Å²) in [6.45, 7) is 10.1. The molecule has 0 amide bonds. The van der Waals surface area contributed by atoms with Crippen molar-refractivity contribution in [2.75, 3.05) is 39.6 Å². The first-order valence-corrected chi connectivity index (χ1v) is 28.1. The molecule has 20 atom stereocenters. The van der Waals surface area contributed by atoms with E-state index in [1.807, 2.05) is 0 Å². The summed E-state index contributed by atoms with van der Waals surface area (Å²) < 4.78 is 126. The van der Waals surface area contributed by atoms with Crippen LogP contribution in [0.4, 0.5) is 0 Å². The van der Waals surface area contributed by atoms with Crippen LogP contribution < -0.4 is 0 Å². The zero-order chi connectivity index (χ0) is 68.1. The van der Waals surface area contributed by atoms with Crippen LogP contribution >= 0.6 is 0 Å². The third kappa shape index (κ3) is 24.1. The highest BCUT2D eigenvalue weighted by Crippen LogP contribution is 2.38. The van der Waals surface area contributed by atoms with Crippen LogP contribution in [0.3, 0.4) is 0 Å². The normalized spacial score (nSPS) is 31.0. The zero-order valence-corrected chi connectivity index (χ0v) is 52.2. The van der Waals surface area contributed by atoms with E-state index in [1.165, 1.54) is 0 Å². The molecule has 0 bridgehead atoms. The first-order valence-electron chi connectivity index (χ1n) is 28.1. The predicted octanol–water partition coefficient (Wildman–Crippen LogP) is -1.35. The van der Waals surface area contributed by atoms with Crippen LogP contribution in [0.1, 0.15) is 103 Å². The molecule has 0 radical (unpaired) electrons. The van der Waals surface area contributed by atoms with E-state index in [4.69, 9.17) is 104 Å². The van der Waals surface area contributed by atoms with E-state index < -0.39 is 246 Å². The molecule has 4 heterocycles. The monoisotopic (exact) mass is 1310 g/mol. The average Bonchev–Trinajstić information content (AvgIpc) is 0.790. The Morgan fingerprint density at radius 1 is 0.231 bits per heavy atom. The number of hydrogen-bond acceptors (Lipinski definition) is 36. The highest BCUT2D eigenvalue weighted by atomic mass is 16.8. The third-order valence-electron chi connectivity index (χ3n) is 12.6. The van der Waals surface area contributed by atoms with Crippen molar-refractivity contribution in [1.29, 1.82) is 0 Å². The second kappa shape index (κ2) is 35.8. The largest absolute Gasteiger partial charge is 0.463 e. The van der Waals surface area contributed by atoms with Crippen LogP contribution in [0.2, 0.25) is 0 Å². The first-order chi connectivity index (χ1) is 42.6. The molecule has 512 valence electrons. The molecule has 4 aliphatic heterocycles. The number of ether oxygens (including phenoxy) is 22.